The van der Waals surface area contributed by atoms with Crippen molar-refractivity contribution in [1.29, 1.82) is 0 Å². The molecular formula is C22H31N3O2. The van der Waals surface area contributed by atoms with Crippen LogP contribution in [0.4, 0.5) is 0 Å². The van der Waals surface area contributed by atoms with Crippen LogP contribution in [-0.4, -0.2) is 33.8 Å². The van der Waals surface area contributed by atoms with Crippen LogP contribution in [0.3, 0.4) is 0 Å². The molecule has 146 valence electrons. The molecule has 0 aliphatic carbocycles. The Morgan fingerprint density at radius 3 is 2.33 bits per heavy atom. The van der Waals surface area contributed by atoms with Gasteiger partial charge >= 0.3 is 0 Å². The summed E-state index contributed by atoms with van der Waals surface area (Å²) in [5.41, 5.74) is 3.59. The number of rotatable bonds is 7. The molecule has 0 spiro atoms. The van der Waals surface area contributed by atoms with Crippen molar-refractivity contribution in [3.8, 4) is 11.5 Å². The van der Waals surface area contributed by atoms with E-state index in [0.29, 0.717) is 0 Å². The van der Waals surface area contributed by atoms with E-state index in [-0.39, 0.29) is 5.41 Å². The second-order valence-electron chi connectivity index (χ2n) is 7.16. The Morgan fingerprint density at radius 2 is 1.70 bits per heavy atom. The molecule has 0 atom stereocenters. The number of methoxy groups -OCH3 is 2. The summed E-state index contributed by atoms with van der Waals surface area (Å²) in [5, 5.41) is 6.82. The van der Waals surface area contributed by atoms with Gasteiger partial charge in [-0.1, -0.05) is 44.2 Å². The molecule has 0 bridgehead atoms. The molecule has 0 saturated carbocycles. The van der Waals surface area contributed by atoms with E-state index in [1.807, 2.05) is 12.1 Å². The Hall–Kier alpha value is -2.69. The third-order valence-corrected chi connectivity index (χ3v) is 4.79. The summed E-state index contributed by atoms with van der Waals surface area (Å²) in [4.78, 5) is 4.34. The molecule has 0 fully saturated rings. The van der Waals surface area contributed by atoms with Crippen molar-refractivity contribution >= 4 is 5.96 Å². The molecular weight excluding hydrogens is 338 g/mol. The van der Waals surface area contributed by atoms with Crippen molar-refractivity contribution in [2.24, 2.45) is 4.99 Å². The fourth-order valence-corrected chi connectivity index (χ4v) is 2.87. The average molecular weight is 370 g/mol. The predicted molar refractivity (Wildman–Crippen MR) is 112 cm³/mol. The largest absolute Gasteiger partial charge is 0.493 e. The molecule has 0 saturated heterocycles. The standard InChI is InChI=1S/C22H31N3O2/c1-16-9-7-8-10-17(16)14-24-21(23-4)25-15-22(2,3)18-11-12-19(26-5)20(13-18)27-6/h7-13H,14-15H2,1-6H3,(H2,23,24,25). The van der Waals surface area contributed by atoms with Gasteiger partial charge in [-0.2, -0.15) is 0 Å². The zero-order chi connectivity index (χ0) is 19.9. The Bertz CT molecular complexity index is 785. The minimum absolute atomic E-state index is 0.111. The quantitative estimate of drug-likeness (QED) is 0.578. The van der Waals surface area contributed by atoms with Crippen molar-refractivity contribution in [3.63, 3.8) is 0 Å². The van der Waals surface area contributed by atoms with Gasteiger partial charge in [0.2, 0.25) is 0 Å². The Morgan fingerprint density at radius 1 is 1.00 bits per heavy atom. The molecule has 2 N–H and O–H groups in total. The maximum absolute atomic E-state index is 5.44. The van der Waals surface area contributed by atoms with E-state index in [1.54, 1.807) is 21.3 Å². The summed E-state index contributed by atoms with van der Waals surface area (Å²) in [6, 6.07) is 14.4. The predicted octanol–water partition coefficient (Wildman–Crippen LogP) is 3.66. The lowest BCUT2D eigenvalue weighted by atomic mass is 9.84. The number of aliphatic imine (C=N–C) groups is 1. The summed E-state index contributed by atoms with van der Waals surface area (Å²) >= 11 is 0. The van der Waals surface area contributed by atoms with Crippen molar-refractivity contribution in [1.82, 2.24) is 10.6 Å². The van der Waals surface area contributed by atoms with Crippen LogP contribution < -0.4 is 20.1 Å². The van der Waals surface area contributed by atoms with Crippen molar-refractivity contribution in [2.75, 3.05) is 27.8 Å². The fraction of sp³-hybridized carbons (Fsp3) is 0.409. The van der Waals surface area contributed by atoms with Crippen LogP contribution in [0.5, 0.6) is 11.5 Å². The zero-order valence-electron chi connectivity index (χ0n) is 17.2. The van der Waals surface area contributed by atoms with Crippen molar-refractivity contribution < 1.29 is 9.47 Å². The number of guanidine groups is 1. The van der Waals surface area contributed by atoms with E-state index in [0.717, 1.165) is 30.5 Å². The Labute approximate surface area is 162 Å². The van der Waals surface area contributed by atoms with E-state index >= 15 is 0 Å². The van der Waals surface area contributed by atoms with Crippen molar-refractivity contribution in [2.45, 2.75) is 32.7 Å². The van der Waals surface area contributed by atoms with Gasteiger partial charge in [0.25, 0.3) is 0 Å². The minimum atomic E-state index is -0.111. The number of hydrogen-bond acceptors (Lipinski definition) is 3. The number of hydrogen-bond donors (Lipinski definition) is 2. The maximum Gasteiger partial charge on any atom is 0.191 e. The first-order chi connectivity index (χ1) is 12.9. The molecule has 2 aromatic carbocycles. The normalized spacial score (nSPS) is 11.9. The van der Waals surface area contributed by atoms with E-state index in [1.165, 1.54) is 16.7 Å². The van der Waals surface area contributed by atoms with Gasteiger partial charge in [0, 0.05) is 25.6 Å². The van der Waals surface area contributed by atoms with Gasteiger partial charge in [-0.15, -0.1) is 0 Å². The van der Waals surface area contributed by atoms with E-state index < -0.39 is 0 Å². The highest BCUT2D eigenvalue weighted by molar-refractivity contribution is 5.79. The highest BCUT2D eigenvalue weighted by Crippen LogP contribution is 2.32. The molecule has 5 heteroatoms. The summed E-state index contributed by atoms with van der Waals surface area (Å²) in [6.07, 6.45) is 0. The Balaban J connectivity index is 2.01. The third kappa shape index (κ3) is 5.39. The lowest BCUT2D eigenvalue weighted by Crippen LogP contribution is -2.43. The van der Waals surface area contributed by atoms with Gasteiger partial charge < -0.3 is 20.1 Å². The van der Waals surface area contributed by atoms with Crippen LogP contribution in [-0.2, 0) is 12.0 Å². The first-order valence-corrected chi connectivity index (χ1v) is 9.13. The third-order valence-electron chi connectivity index (χ3n) is 4.79. The smallest absolute Gasteiger partial charge is 0.191 e. The van der Waals surface area contributed by atoms with Gasteiger partial charge in [-0.25, -0.2) is 0 Å². The van der Waals surface area contributed by atoms with Gasteiger partial charge in [-0.05, 0) is 35.7 Å². The molecule has 5 nitrogen and oxygen atoms in total. The molecule has 27 heavy (non-hydrogen) atoms. The summed E-state index contributed by atoms with van der Waals surface area (Å²) in [6.45, 7) is 7.97. The van der Waals surface area contributed by atoms with Gasteiger partial charge in [0.15, 0.2) is 17.5 Å². The number of aryl methyl sites for hydroxylation is 1. The van der Waals surface area contributed by atoms with Gasteiger partial charge in [0.05, 0.1) is 14.2 Å². The molecule has 2 aromatic rings. The summed E-state index contributed by atoms with van der Waals surface area (Å²) < 4.78 is 10.8. The lowest BCUT2D eigenvalue weighted by molar-refractivity contribution is 0.353. The van der Waals surface area contributed by atoms with Gasteiger partial charge in [-0.3, -0.25) is 4.99 Å². The van der Waals surface area contributed by atoms with Crippen LogP contribution in [0.2, 0.25) is 0 Å². The van der Waals surface area contributed by atoms with Gasteiger partial charge in [0.1, 0.15) is 0 Å². The van der Waals surface area contributed by atoms with E-state index in [2.05, 4.69) is 66.7 Å². The average Bonchev–Trinajstić information content (AvgIpc) is 2.68. The first kappa shape index (κ1) is 20.6. The van der Waals surface area contributed by atoms with E-state index in [9.17, 15) is 0 Å². The Kier molecular flexibility index (Phi) is 7.11. The molecule has 0 aromatic heterocycles. The topological polar surface area (TPSA) is 54.9 Å². The number of ether oxygens (including phenoxy) is 2. The second-order valence-corrected chi connectivity index (χ2v) is 7.16. The SMILES string of the molecule is CN=C(NCc1ccccc1C)NCC(C)(C)c1ccc(OC)c(OC)c1. The molecule has 0 aliphatic rings. The number of nitrogens with one attached hydrogen (secondary N) is 2. The molecule has 2 rings (SSSR count). The van der Waals surface area contributed by atoms with Crippen LogP contribution in [0.15, 0.2) is 47.5 Å². The van der Waals surface area contributed by atoms with Crippen LogP contribution in [0.1, 0.15) is 30.5 Å². The zero-order valence-corrected chi connectivity index (χ0v) is 17.2. The molecule has 0 heterocycles. The minimum Gasteiger partial charge on any atom is -0.493 e. The highest BCUT2D eigenvalue weighted by Gasteiger charge is 2.22. The van der Waals surface area contributed by atoms with Crippen molar-refractivity contribution in [3.05, 3.63) is 59.2 Å². The lowest BCUT2D eigenvalue weighted by Gasteiger charge is -2.27. The molecule has 0 amide bonds. The van der Waals surface area contributed by atoms with E-state index in [4.69, 9.17) is 9.47 Å². The van der Waals surface area contributed by atoms with Crippen LogP contribution in [0, 0.1) is 6.92 Å². The number of benzene rings is 2. The highest BCUT2D eigenvalue weighted by atomic mass is 16.5. The fourth-order valence-electron chi connectivity index (χ4n) is 2.87. The summed E-state index contributed by atoms with van der Waals surface area (Å²) in [7, 11) is 5.09. The molecule has 0 unspecified atom stereocenters. The summed E-state index contributed by atoms with van der Waals surface area (Å²) in [5.74, 6) is 2.26. The maximum atomic E-state index is 5.44. The number of nitrogens with zero attached hydrogens (tertiary/aromatic N) is 1. The first-order valence-electron chi connectivity index (χ1n) is 9.13. The second kappa shape index (κ2) is 9.31. The molecule has 0 radical (unpaired) electrons. The molecule has 0 aliphatic heterocycles. The monoisotopic (exact) mass is 369 g/mol. The van der Waals surface area contributed by atoms with Crippen LogP contribution in [0.25, 0.3) is 0 Å². The van der Waals surface area contributed by atoms with Crippen LogP contribution >= 0.6 is 0 Å².